The van der Waals surface area contributed by atoms with Crippen molar-refractivity contribution in [3.63, 3.8) is 0 Å². The van der Waals surface area contributed by atoms with Crippen molar-refractivity contribution in [2.45, 2.75) is 6.92 Å². The van der Waals surface area contributed by atoms with E-state index in [0.29, 0.717) is 5.57 Å². The summed E-state index contributed by atoms with van der Waals surface area (Å²) >= 11 is 5.67. The van der Waals surface area contributed by atoms with Gasteiger partial charge in [0.05, 0.1) is 0 Å². The Morgan fingerprint density at radius 1 is 1.53 bits per heavy atom. The largest absolute Gasteiger partial charge is 0.473 e. The topological polar surface area (TPSA) is 87.3 Å². The summed E-state index contributed by atoms with van der Waals surface area (Å²) in [5, 5.41) is 0.193. The van der Waals surface area contributed by atoms with E-state index in [0.717, 1.165) is 0 Å². The maximum absolute atomic E-state index is 10.6. The van der Waals surface area contributed by atoms with Gasteiger partial charge in [0.2, 0.25) is 11.8 Å². The number of hydrogen-bond donors (Lipinski definition) is 1. The fraction of sp³-hybridized carbons (Fsp3) is 0.300. The zero-order valence-corrected chi connectivity index (χ0v) is 10.0. The predicted molar refractivity (Wildman–Crippen MR) is 62.7 cm³/mol. The van der Waals surface area contributed by atoms with Crippen LogP contribution in [0.25, 0.3) is 0 Å². The number of aromatic nitrogens is 2. The molecule has 6 nitrogen and oxygen atoms in total. The van der Waals surface area contributed by atoms with E-state index in [1.165, 1.54) is 13.0 Å². The third-order valence-electron chi connectivity index (χ3n) is 1.59. The van der Waals surface area contributed by atoms with E-state index < -0.39 is 0 Å². The first-order chi connectivity index (χ1) is 7.97. The predicted octanol–water partition coefficient (Wildman–Crippen LogP) is 1.21. The highest BCUT2D eigenvalue weighted by Gasteiger charge is 2.03. The zero-order valence-electron chi connectivity index (χ0n) is 9.27. The van der Waals surface area contributed by atoms with Crippen molar-refractivity contribution in [3.8, 4) is 5.88 Å². The van der Waals surface area contributed by atoms with Crippen LogP contribution in [0.4, 0.5) is 5.95 Å². The first kappa shape index (κ1) is 13.2. The number of nitrogens with zero attached hydrogens (tertiary/aromatic N) is 2. The molecule has 0 radical (unpaired) electrons. The van der Waals surface area contributed by atoms with Crippen LogP contribution >= 0.6 is 11.6 Å². The van der Waals surface area contributed by atoms with Gasteiger partial charge in [-0.1, -0.05) is 18.2 Å². The van der Waals surface area contributed by atoms with E-state index in [2.05, 4.69) is 16.5 Å². The highest BCUT2D eigenvalue weighted by molar-refractivity contribution is 6.29. The molecule has 1 aromatic heterocycles. The number of ether oxygens (including phenoxy) is 2. The number of hydrogen-bond acceptors (Lipinski definition) is 6. The molecule has 0 fully saturated rings. The molecular formula is C10H12ClN3O3. The number of nitrogens with two attached hydrogens (primary N) is 1. The minimum absolute atomic E-state index is 0.0260. The number of carbonyl (C=O) groups is 1. The van der Waals surface area contributed by atoms with Crippen LogP contribution in [0.1, 0.15) is 6.92 Å². The lowest BCUT2D eigenvalue weighted by molar-refractivity contribution is -0.140. The maximum atomic E-state index is 10.6. The number of halogens is 1. The molecule has 1 heterocycles. The van der Waals surface area contributed by atoms with Gasteiger partial charge in [-0.3, -0.25) is 4.79 Å². The summed E-state index contributed by atoms with van der Waals surface area (Å²) in [4.78, 5) is 18.0. The monoisotopic (exact) mass is 257 g/mol. The highest BCUT2D eigenvalue weighted by atomic mass is 35.5. The molecule has 0 saturated carbocycles. The Bertz CT molecular complexity index is 417. The third-order valence-corrected chi connectivity index (χ3v) is 1.79. The van der Waals surface area contributed by atoms with Crippen molar-refractivity contribution < 1.29 is 14.3 Å². The SMILES string of the molecule is C=C(COC(C)=O)COc1cc(Cl)nc(N)n1. The molecule has 0 aromatic carbocycles. The molecule has 1 rings (SSSR count). The van der Waals surface area contributed by atoms with Crippen LogP contribution in [0.15, 0.2) is 18.2 Å². The van der Waals surface area contributed by atoms with Crippen LogP contribution in [-0.4, -0.2) is 29.2 Å². The lowest BCUT2D eigenvalue weighted by Gasteiger charge is -2.08. The average Bonchev–Trinajstić information content (AvgIpc) is 2.22. The number of esters is 1. The molecule has 0 aliphatic carbocycles. The van der Waals surface area contributed by atoms with E-state index in [4.69, 9.17) is 26.8 Å². The van der Waals surface area contributed by atoms with Gasteiger partial charge < -0.3 is 15.2 Å². The molecule has 0 amide bonds. The molecule has 0 unspecified atom stereocenters. The fourth-order valence-corrected chi connectivity index (χ4v) is 1.09. The molecule has 0 aliphatic heterocycles. The van der Waals surface area contributed by atoms with E-state index >= 15 is 0 Å². The molecule has 0 bridgehead atoms. The Morgan fingerprint density at radius 3 is 2.82 bits per heavy atom. The summed E-state index contributed by atoms with van der Waals surface area (Å²) in [5.41, 5.74) is 5.98. The summed E-state index contributed by atoms with van der Waals surface area (Å²) in [7, 11) is 0. The van der Waals surface area contributed by atoms with Crippen LogP contribution in [-0.2, 0) is 9.53 Å². The first-order valence-electron chi connectivity index (χ1n) is 4.70. The third kappa shape index (κ3) is 5.17. The summed E-state index contributed by atoms with van der Waals surface area (Å²) in [6.07, 6.45) is 0. The lowest BCUT2D eigenvalue weighted by atomic mass is 10.3. The molecular weight excluding hydrogens is 246 g/mol. The molecule has 0 atom stereocenters. The number of anilines is 1. The van der Waals surface area contributed by atoms with Crippen LogP contribution in [0.5, 0.6) is 5.88 Å². The molecule has 0 saturated heterocycles. The number of nitrogen functional groups attached to an aromatic ring is 1. The Balaban J connectivity index is 2.44. The van der Waals surface area contributed by atoms with Gasteiger partial charge in [0.25, 0.3) is 0 Å². The Hall–Kier alpha value is -1.82. The molecule has 2 N–H and O–H groups in total. The van der Waals surface area contributed by atoms with Gasteiger partial charge in [0, 0.05) is 13.0 Å². The summed E-state index contributed by atoms with van der Waals surface area (Å²) in [5.74, 6) is -0.106. The van der Waals surface area contributed by atoms with Gasteiger partial charge in [-0.25, -0.2) is 4.98 Å². The fourth-order valence-electron chi connectivity index (χ4n) is 0.909. The number of carbonyl (C=O) groups excluding carboxylic acids is 1. The molecule has 92 valence electrons. The zero-order chi connectivity index (χ0) is 12.8. The van der Waals surface area contributed by atoms with E-state index in [1.807, 2.05) is 0 Å². The quantitative estimate of drug-likeness (QED) is 0.485. The number of rotatable bonds is 5. The molecule has 7 heteroatoms. The van der Waals surface area contributed by atoms with Gasteiger partial charge >= 0.3 is 5.97 Å². The Kier molecular flexibility index (Phi) is 4.71. The summed E-state index contributed by atoms with van der Waals surface area (Å²) < 4.78 is 9.99. The van der Waals surface area contributed by atoms with Gasteiger partial charge in [-0.15, -0.1) is 0 Å². The van der Waals surface area contributed by atoms with E-state index in [1.54, 1.807) is 0 Å². The van der Waals surface area contributed by atoms with E-state index in [-0.39, 0.29) is 36.2 Å². The van der Waals surface area contributed by atoms with Crippen molar-refractivity contribution >= 4 is 23.5 Å². The second-order valence-corrected chi connectivity index (χ2v) is 3.59. The molecule has 1 aromatic rings. The Morgan fingerprint density at radius 2 is 2.24 bits per heavy atom. The van der Waals surface area contributed by atoms with Crippen molar-refractivity contribution in [1.82, 2.24) is 9.97 Å². The smallest absolute Gasteiger partial charge is 0.302 e. The second-order valence-electron chi connectivity index (χ2n) is 3.21. The van der Waals surface area contributed by atoms with Crippen molar-refractivity contribution in [1.29, 1.82) is 0 Å². The van der Waals surface area contributed by atoms with Gasteiger partial charge in [0.15, 0.2) is 0 Å². The molecule has 0 aliphatic rings. The summed E-state index contributed by atoms with van der Waals surface area (Å²) in [6.45, 7) is 5.25. The minimum atomic E-state index is -0.375. The van der Waals surface area contributed by atoms with E-state index in [9.17, 15) is 4.79 Å². The van der Waals surface area contributed by atoms with Crippen LogP contribution in [0.2, 0.25) is 5.15 Å². The highest BCUT2D eigenvalue weighted by Crippen LogP contribution is 2.14. The molecule has 0 spiro atoms. The van der Waals surface area contributed by atoms with Crippen LogP contribution in [0.3, 0.4) is 0 Å². The minimum Gasteiger partial charge on any atom is -0.473 e. The van der Waals surface area contributed by atoms with Crippen molar-refractivity contribution in [3.05, 3.63) is 23.4 Å². The maximum Gasteiger partial charge on any atom is 0.302 e. The van der Waals surface area contributed by atoms with Gasteiger partial charge in [-0.2, -0.15) is 4.98 Å². The van der Waals surface area contributed by atoms with Crippen molar-refractivity contribution in [2.24, 2.45) is 0 Å². The normalized spacial score (nSPS) is 9.76. The van der Waals surface area contributed by atoms with Crippen molar-refractivity contribution in [2.75, 3.05) is 18.9 Å². The van der Waals surface area contributed by atoms with Crippen LogP contribution in [0, 0.1) is 0 Å². The first-order valence-corrected chi connectivity index (χ1v) is 5.08. The summed E-state index contributed by atoms with van der Waals surface area (Å²) in [6, 6.07) is 1.43. The Labute approximate surface area is 103 Å². The average molecular weight is 258 g/mol. The lowest BCUT2D eigenvalue weighted by Crippen LogP contribution is -2.10. The van der Waals surface area contributed by atoms with Crippen LogP contribution < -0.4 is 10.5 Å². The van der Waals surface area contributed by atoms with Gasteiger partial charge in [-0.05, 0) is 5.57 Å². The second kappa shape index (κ2) is 6.05. The van der Waals surface area contributed by atoms with Gasteiger partial charge in [0.1, 0.15) is 18.4 Å². The standard InChI is InChI=1S/C10H12ClN3O3/c1-6(4-16-7(2)15)5-17-9-3-8(11)13-10(12)14-9/h3H,1,4-5H2,2H3,(H2,12,13,14). The molecule has 17 heavy (non-hydrogen) atoms.